The van der Waals surface area contributed by atoms with E-state index in [2.05, 4.69) is 0 Å². The highest BCUT2D eigenvalue weighted by Crippen LogP contribution is 2.14. The van der Waals surface area contributed by atoms with Crippen molar-refractivity contribution in [3.05, 3.63) is 11.9 Å². The molecule has 1 amide bonds. The highest BCUT2D eigenvalue weighted by molar-refractivity contribution is 5.73. The molecule has 1 saturated heterocycles. The number of ether oxygens (including phenoxy) is 1. The number of hydrogen-bond donors (Lipinski definition) is 3. The number of amides is 1. The van der Waals surface area contributed by atoms with E-state index in [9.17, 15) is 4.79 Å². The second-order valence-electron chi connectivity index (χ2n) is 5.81. The number of quaternary nitrogens is 1. The summed E-state index contributed by atoms with van der Waals surface area (Å²) in [6, 6.07) is 0.414. The second kappa shape index (κ2) is 6.56. The number of piperidine rings is 1. The minimum Gasteiger partial charge on any atom is -0.444 e. The number of hydrogen-bond acceptors (Lipinski definition) is 4. The third-order valence-electron chi connectivity index (χ3n) is 2.92. The van der Waals surface area contributed by atoms with Gasteiger partial charge in [0.2, 0.25) is 0 Å². The fourth-order valence-corrected chi connectivity index (χ4v) is 1.90. The van der Waals surface area contributed by atoms with Crippen LogP contribution in [0.4, 0.5) is 4.79 Å². The Labute approximate surface area is 114 Å². The van der Waals surface area contributed by atoms with E-state index in [0.29, 0.717) is 24.8 Å². The number of carbonyl (C=O) groups is 1. The first kappa shape index (κ1) is 15.5. The first-order valence-corrected chi connectivity index (χ1v) is 6.61. The Morgan fingerprint density at radius 2 is 2.00 bits per heavy atom. The van der Waals surface area contributed by atoms with Crippen LogP contribution in [0.2, 0.25) is 0 Å². The average Bonchev–Trinajstić information content (AvgIpc) is 2.34. The number of nitrogens with one attached hydrogen (secondary N) is 1. The number of allylic oxidation sites excluding steroid dienone is 1. The molecule has 5 N–H and O–H groups in total. The Morgan fingerprint density at radius 1 is 1.42 bits per heavy atom. The Hall–Kier alpha value is -1.56. The summed E-state index contributed by atoms with van der Waals surface area (Å²) in [5, 5.41) is 9.01. The highest BCUT2D eigenvalue weighted by Gasteiger charge is 2.27. The van der Waals surface area contributed by atoms with Gasteiger partial charge in [-0.2, -0.15) is 0 Å². The fraction of sp³-hybridized carbons (Fsp3) is 0.692. The summed E-state index contributed by atoms with van der Waals surface area (Å²) < 4.78 is 5.34. The molecule has 1 rings (SSSR count). The molecule has 0 aromatic carbocycles. The van der Waals surface area contributed by atoms with E-state index in [1.165, 1.54) is 0 Å². The maximum absolute atomic E-state index is 11.9. The van der Waals surface area contributed by atoms with Crippen LogP contribution in [0.3, 0.4) is 0 Å². The SMILES string of the molecule is CC(C)(C)OC(=O)N1CCC([NH2+]/C=C(/N)C=N)CC1. The summed E-state index contributed by atoms with van der Waals surface area (Å²) in [5.74, 6) is 0. The molecular formula is C13H25N4O2+. The van der Waals surface area contributed by atoms with Crippen molar-refractivity contribution in [1.82, 2.24) is 4.90 Å². The molecule has 1 fully saturated rings. The summed E-state index contributed by atoms with van der Waals surface area (Å²) >= 11 is 0. The van der Waals surface area contributed by atoms with E-state index < -0.39 is 5.60 Å². The van der Waals surface area contributed by atoms with E-state index in [0.717, 1.165) is 19.1 Å². The Balaban J connectivity index is 2.36. The molecule has 0 radical (unpaired) electrons. The average molecular weight is 269 g/mol. The lowest BCUT2D eigenvalue weighted by Crippen LogP contribution is -2.86. The molecule has 1 aliphatic heterocycles. The Bertz CT molecular complexity index is 352. The van der Waals surface area contributed by atoms with Gasteiger partial charge in [0.05, 0.1) is 6.04 Å². The molecule has 0 atom stereocenters. The molecule has 0 aromatic rings. The summed E-state index contributed by atoms with van der Waals surface area (Å²) in [6.07, 6.45) is 4.47. The van der Waals surface area contributed by atoms with Crippen LogP contribution in [0, 0.1) is 5.41 Å². The van der Waals surface area contributed by atoms with E-state index in [1.807, 2.05) is 26.1 Å². The third-order valence-corrected chi connectivity index (χ3v) is 2.92. The van der Waals surface area contributed by atoms with Gasteiger partial charge in [-0.05, 0) is 20.8 Å². The number of carbonyl (C=O) groups excluding carboxylic acids is 1. The number of nitrogens with zero attached hydrogens (tertiary/aromatic N) is 1. The van der Waals surface area contributed by atoms with Crippen LogP contribution < -0.4 is 11.1 Å². The maximum Gasteiger partial charge on any atom is 0.410 e. The second-order valence-corrected chi connectivity index (χ2v) is 5.81. The van der Waals surface area contributed by atoms with Gasteiger partial charge < -0.3 is 26.1 Å². The van der Waals surface area contributed by atoms with Gasteiger partial charge in [-0.25, -0.2) is 4.79 Å². The van der Waals surface area contributed by atoms with Gasteiger partial charge in [0.15, 0.2) is 0 Å². The zero-order valence-electron chi connectivity index (χ0n) is 12.0. The van der Waals surface area contributed by atoms with Crippen LogP contribution in [0.25, 0.3) is 0 Å². The van der Waals surface area contributed by atoms with E-state index >= 15 is 0 Å². The molecule has 0 aromatic heterocycles. The number of likely N-dealkylation sites (tertiary alicyclic amines) is 1. The third kappa shape index (κ3) is 5.74. The summed E-state index contributed by atoms with van der Waals surface area (Å²) in [4.78, 5) is 13.6. The molecule has 0 aliphatic carbocycles. The predicted molar refractivity (Wildman–Crippen MR) is 73.8 cm³/mol. The molecule has 19 heavy (non-hydrogen) atoms. The molecule has 1 heterocycles. The molecule has 108 valence electrons. The molecule has 0 bridgehead atoms. The van der Waals surface area contributed by atoms with Gasteiger partial charge in [-0.1, -0.05) is 0 Å². The van der Waals surface area contributed by atoms with Crippen LogP contribution in [0.1, 0.15) is 33.6 Å². The van der Waals surface area contributed by atoms with Gasteiger partial charge in [-0.15, -0.1) is 0 Å². The highest BCUT2D eigenvalue weighted by atomic mass is 16.6. The van der Waals surface area contributed by atoms with Gasteiger partial charge in [0, 0.05) is 32.1 Å². The monoisotopic (exact) mass is 269 g/mol. The maximum atomic E-state index is 11.9. The van der Waals surface area contributed by atoms with Crippen LogP contribution in [-0.2, 0) is 4.74 Å². The fourth-order valence-electron chi connectivity index (χ4n) is 1.90. The van der Waals surface area contributed by atoms with E-state index in [1.54, 1.807) is 11.1 Å². The van der Waals surface area contributed by atoms with Gasteiger partial charge in [0.1, 0.15) is 17.5 Å². The summed E-state index contributed by atoms with van der Waals surface area (Å²) in [7, 11) is 0. The lowest BCUT2D eigenvalue weighted by Gasteiger charge is -2.32. The predicted octanol–water partition coefficient (Wildman–Crippen LogP) is 0.399. The van der Waals surface area contributed by atoms with Crippen molar-refractivity contribution >= 4 is 12.3 Å². The quantitative estimate of drug-likeness (QED) is 0.647. The van der Waals surface area contributed by atoms with Crippen molar-refractivity contribution in [1.29, 1.82) is 5.41 Å². The summed E-state index contributed by atoms with van der Waals surface area (Å²) in [5.41, 5.74) is 5.55. The van der Waals surface area contributed by atoms with Crippen LogP contribution in [0.15, 0.2) is 11.9 Å². The number of nitrogens with two attached hydrogens (primary N) is 2. The zero-order valence-corrected chi connectivity index (χ0v) is 12.0. The van der Waals surface area contributed by atoms with Gasteiger partial charge >= 0.3 is 6.09 Å². The van der Waals surface area contributed by atoms with Crippen molar-refractivity contribution < 1.29 is 14.8 Å². The smallest absolute Gasteiger partial charge is 0.410 e. The molecule has 0 unspecified atom stereocenters. The largest absolute Gasteiger partial charge is 0.444 e. The normalized spacial score (nSPS) is 18.3. The van der Waals surface area contributed by atoms with Crippen LogP contribution in [0.5, 0.6) is 0 Å². The minimum atomic E-state index is -0.443. The topological polar surface area (TPSA) is 96.0 Å². The molecule has 1 aliphatic rings. The number of rotatable bonds is 3. The van der Waals surface area contributed by atoms with Gasteiger partial charge in [-0.3, -0.25) is 0 Å². The zero-order chi connectivity index (χ0) is 14.5. The van der Waals surface area contributed by atoms with Crippen molar-refractivity contribution in [2.75, 3.05) is 13.1 Å². The van der Waals surface area contributed by atoms with E-state index in [-0.39, 0.29) is 6.09 Å². The van der Waals surface area contributed by atoms with Gasteiger partial charge in [0.25, 0.3) is 0 Å². The molecule has 0 saturated carbocycles. The Morgan fingerprint density at radius 3 is 2.47 bits per heavy atom. The minimum absolute atomic E-state index is 0.236. The molecular weight excluding hydrogens is 244 g/mol. The van der Waals surface area contributed by atoms with Crippen molar-refractivity contribution in [3.63, 3.8) is 0 Å². The summed E-state index contributed by atoms with van der Waals surface area (Å²) in [6.45, 7) is 7.02. The van der Waals surface area contributed by atoms with Crippen molar-refractivity contribution in [2.24, 2.45) is 5.73 Å². The van der Waals surface area contributed by atoms with Crippen molar-refractivity contribution in [3.8, 4) is 0 Å². The van der Waals surface area contributed by atoms with Crippen LogP contribution >= 0.6 is 0 Å². The lowest BCUT2D eigenvalue weighted by atomic mass is 10.1. The Kier molecular flexibility index (Phi) is 5.35. The van der Waals surface area contributed by atoms with Crippen molar-refractivity contribution in [2.45, 2.75) is 45.3 Å². The molecule has 0 spiro atoms. The first-order valence-electron chi connectivity index (χ1n) is 6.61. The first-order chi connectivity index (χ1) is 8.81. The molecule has 6 nitrogen and oxygen atoms in total. The van der Waals surface area contributed by atoms with E-state index in [4.69, 9.17) is 15.9 Å². The standard InChI is InChI=1S/C13H24N4O2/c1-13(2,3)19-12(18)17-6-4-11(5-7-17)16-9-10(15)8-14/h8-9,11,14,16H,4-7,15H2,1-3H3/p+1/b10-9+,14-8?. The molecule has 6 heteroatoms. The van der Waals surface area contributed by atoms with Crippen LogP contribution in [-0.4, -0.2) is 41.9 Å². The lowest BCUT2D eigenvalue weighted by molar-refractivity contribution is -0.630.